The van der Waals surface area contributed by atoms with Crippen LogP contribution in [0.2, 0.25) is 0 Å². The summed E-state index contributed by atoms with van der Waals surface area (Å²) in [6, 6.07) is 14.3. The van der Waals surface area contributed by atoms with Crippen molar-refractivity contribution in [3.63, 3.8) is 0 Å². The molecule has 132 valence electrons. The predicted molar refractivity (Wildman–Crippen MR) is 101 cm³/mol. The molecule has 3 rings (SSSR count). The summed E-state index contributed by atoms with van der Waals surface area (Å²) >= 11 is 0. The van der Waals surface area contributed by atoms with E-state index in [1.165, 1.54) is 5.56 Å². The van der Waals surface area contributed by atoms with E-state index >= 15 is 0 Å². The number of aromatic nitrogens is 1. The van der Waals surface area contributed by atoms with Crippen LogP contribution in [0.25, 0.3) is 0 Å². The van der Waals surface area contributed by atoms with Gasteiger partial charge in [0.25, 0.3) is 0 Å². The molecule has 2 heterocycles. The maximum Gasteiger partial charge on any atom is 0.194 e. The lowest BCUT2D eigenvalue weighted by atomic mass is 9.99. The molecule has 1 aliphatic heterocycles. The number of guanidine groups is 1. The van der Waals surface area contributed by atoms with Gasteiger partial charge in [-0.25, -0.2) is 0 Å². The number of aliphatic hydroxyl groups excluding tert-OH is 1. The first-order chi connectivity index (χ1) is 12.3. The van der Waals surface area contributed by atoms with Gasteiger partial charge >= 0.3 is 0 Å². The zero-order valence-electron chi connectivity index (χ0n) is 14.7. The molecule has 5 heteroatoms. The molecule has 0 radical (unpaired) electrons. The van der Waals surface area contributed by atoms with Gasteiger partial charge in [0.05, 0.1) is 12.6 Å². The Hall–Kier alpha value is -2.40. The molecule has 1 aromatic carbocycles. The summed E-state index contributed by atoms with van der Waals surface area (Å²) in [6.45, 7) is 5.17. The molecule has 2 aromatic rings. The lowest BCUT2D eigenvalue weighted by molar-refractivity contribution is 0.186. The van der Waals surface area contributed by atoms with E-state index < -0.39 is 6.10 Å². The molecular formula is C20H26N4O. The maximum absolute atomic E-state index is 10.3. The van der Waals surface area contributed by atoms with Crippen molar-refractivity contribution in [2.45, 2.75) is 25.4 Å². The molecule has 0 amide bonds. The van der Waals surface area contributed by atoms with Gasteiger partial charge in [-0.15, -0.1) is 0 Å². The highest BCUT2D eigenvalue weighted by atomic mass is 16.3. The van der Waals surface area contributed by atoms with Crippen LogP contribution in [0.3, 0.4) is 0 Å². The van der Waals surface area contributed by atoms with Crippen molar-refractivity contribution in [3.8, 4) is 0 Å². The van der Waals surface area contributed by atoms with Gasteiger partial charge in [-0.3, -0.25) is 9.98 Å². The van der Waals surface area contributed by atoms with Crippen LogP contribution >= 0.6 is 0 Å². The Balaban J connectivity index is 1.65. The molecule has 1 saturated heterocycles. The Morgan fingerprint density at radius 1 is 1.28 bits per heavy atom. The Kier molecular flexibility index (Phi) is 6.01. The van der Waals surface area contributed by atoms with Gasteiger partial charge in [-0.1, -0.05) is 30.3 Å². The highest BCUT2D eigenvalue weighted by Crippen LogP contribution is 2.27. The number of rotatable bonds is 5. The van der Waals surface area contributed by atoms with Crippen molar-refractivity contribution < 1.29 is 5.11 Å². The van der Waals surface area contributed by atoms with Crippen molar-refractivity contribution in [3.05, 3.63) is 66.0 Å². The molecule has 0 aliphatic carbocycles. The summed E-state index contributed by atoms with van der Waals surface area (Å²) in [4.78, 5) is 10.9. The third-order valence-electron chi connectivity index (χ3n) is 4.60. The second kappa shape index (κ2) is 8.62. The van der Waals surface area contributed by atoms with Crippen LogP contribution in [-0.4, -0.2) is 47.1 Å². The highest BCUT2D eigenvalue weighted by Gasteiger charge is 2.26. The number of likely N-dealkylation sites (tertiary alicyclic amines) is 1. The second-order valence-electron chi connectivity index (χ2n) is 6.33. The van der Waals surface area contributed by atoms with Gasteiger partial charge < -0.3 is 15.3 Å². The average molecular weight is 338 g/mol. The van der Waals surface area contributed by atoms with E-state index in [0.29, 0.717) is 12.5 Å². The van der Waals surface area contributed by atoms with Gasteiger partial charge in [0, 0.05) is 37.9 Å². The first kappa shape index (κ1) is 17.4. The fraction of sp³-hybridized carbons (Fsp3) is 0.400. The number of aliphatic imine (C=N–C) groups is 1. The minimum Gasteiger partial charge on any atom is -0.386 e. The molecule has 0 saturated carbocycles. The Labute approximate surface area is 149 Å². The standard InChI is InChI=1S/C20H26N4O/c1-2-22-20(23-14-19(25)17-8-11-21-12-9-17)24-13-10-18(15-24)16-6-4-3-5-7-16/h3-9,11-12,18-19,25H,2,10,13-15H2,1H3,(H,22,23). The summed E-state index contributed by atoms with van der Waals surface area (Å²) < 4.78 is 0. The van der Waals surface area contributed by atoms with Crippen molar-refractivity contribution in [2.75, 3.05) is 26.2 Å². The number of hydrogen-bond acceptors (Lipinski definition) is 3. The van der Waals surface area contributed by atoms with E-state index in [2.05, 4.69) is 57.4 Å². The Morgan fingerprint density at radius 2 is 2.04 bits per heavy atom. The predicted octanol–water partition coefficient (Wildman–Crippen LogP) is 2.57. The molecular weight excluding hydrogens is 312 g/mol. The zero-order chi connectivity index (χ0) is 17.5. The fourth-order valence-corrected chi connectivity index (χ4v) is 3.24. The Bertz CT molecular complexity index is 675. The number of aliphatic hydroxyl groups is 1. The van der Waals surface area contributed by atoms with Crippen molar-refractivity contribution >= 4 is 5.96 Å². The molecule has 5 nitrogen and oxygen atoms in total. The Morgan fingerprint density at radius 3 is 2.76 bits per heavy atom. The fourth-order valence-electron chi connectivity index (χ4n) is 3.24. The van der Waals surface area contributed by atoms with Crippen LogP contribution in [0.4, 0.5) is 0 Å². The first-order valence-corrected chi connectivity index (χ1v) is 8.94. The van der Waals surface area contributed by atoms with Gasteiger partial charge in [0.1, 0.15) is 0 Å². The average Bonchev–Trinajstić information content (AvgIpc) is 3.16. The minimum atomic E-state index is -0.607. The molecule has 1 aromatic heterocycles. The van der Waals surface area contributed by atoms with Gasteiger partial charge in [0.15, 0.2) is 5.96 Å². The van der Waals surface area contributed by atoms with Crippen LogP contribution in [0, 0.1) is 0 Å². The van der Waals surface area contributed by atoms with Gasteiger partial charge in [0.2, 0.25) is 0 Å². The summed E-state index contributed by atoms with van der Waals surface area (Å²) in [6.07, 6.45) is 3.90. The smallest absolute Gasteiger partial charge is 0.194 e. The highest BCUT2D eigenvalue weighted by molar-refractivity contribution is 5.80. The summed E-state index contributed by atoms with van der Waals surface area (Å²) in [7, 11) is 0. The molecule has 1 aliphatic rings. The van der Waals surface area contributed by atoms with Crippen molar-refractivity contribution in [1.82, 2.24) is 15.2 Å². The first-order valence-electron chi connectivity index (χ1n) is 8.94. The summed E-state index contributed by atoms with van der Waals surface area (Å²) in [5.41, 5.74) is 2.23. The number of nitrogens with zero attached hydrogens (tertiary/aromatic N) is 3. The SMILES string of the molecule is CCNC(=NCC(O)c1ccncc1)N1CCC(c2ccccc2)C1. The monoisotopic (exact) mass is 338 g/mol. The van der Waals surface area contributed by atoms with E-state index in [1.807, 2.05) is 12.1 Å². The number of pyridine rings is 1. The number of benzene rings is 1. The van der Waals surface area contributed by atoms with E-state index in [-0.39, 0.29) is 0 Å². The largest absolute Gasteiger partial charge is 0.386 e. The van der Waals surface area contributed by atoms with E-state index in [0.717, 1.165) is 37.6 Å². The van der Waals surface area contributed by atoms with Crippen LogP contribution in [0.15, 0.2) is 59.9 Å². The van der Waals surface area contributed by atoms with E-state index in [9.17, 15) is 5.11 Å². The van der Waals surface area contributed by atoms with Crippen molar-refractivity contribution in [2.24, 2.45) is 4.99 Å². The third-order valence-corrected chi connectivity index (χ3v) is 4.60. The number of hydrogen-bond donors (Lipinski definition) is 2. The molecule has 2 N–H and O–H groups in total. The van der Waals surface area contributed by atoms with Crippen LogP contribution in [0.1, 0.15) is 36.5 Å². The summed E-state index contributed by atoms with van der Waals surface area (Å²) in [5.74, 6) is 1.42. The van der Waals surface area contributed by atoms with E-state index in [4.69, 9.17) is 0 Å². The van der Waals surface area contributed by atoms with Crippen molar-refractivity contribution in [1.29, 1.82) is 0 Å². The summed E-state index contributed by atoms with van der Waals surface area (Å²) in [5, 5.41) is 13.7. The van der Waals surface area contributed by atoms with Crippen LogP contribution in [0.5, 0.6) is 0 Å². The molecule has 25 heavy (non-hydrogen) atoms. The molecule has 2 atom stereocenters. The lowest BCUT2D eigenvalue weighted by Gasteiger charge is -2.22. The number of nitrogens with one attached hydrogen (secondary N) is 1. The second-order valence-corrected chi connectivity index (χ2v) is 6.33. The molecule has 0 spiro atoms. The normalized spacial score (nSPS) is 19.0. The quantitative estimate of drug-likeness (QED) is 0.650. The van der Waals surface area contributed by atoms with Gasteiger partial charge in [-0.05, 0) is 36.6 Å². The van der Waals surface area contributed by atoms with E-state index in [1.54, 1.807) is 12.4 Å². The van der Waals surface area contributed by atoms with Gasteiger partial charge in [-0.2, -0.15) is 0 Å². The molecule has 2 unspecified atom stereocenters. The zero-order valence-corrected chi connectivity index (χ0v) is 14.7. The minimum absolute atomic E-state index is 0.346. The maximum atomic E-state index is 10.3. The molecule has 1 fully saturated rings. The van der Waals surface area contributed by atoms with Crippen LogP contribution < -0.4 is 5.32 Å². The molecule has 0 bridgehead atoms. The van der Waals surface area contributed by atoms with Crippen LogP contribution in [-0.2, 0) is 0 Å². The third kappa shape index (κ3) is 4.57. The topological polar surface area (TPSA) is 60.8 Å². The lowest BCUT2D eigenvalue weighted by Crippen LogP contribution is -2.40.